The van der Waals surface area contributed by atoms with Crippen LogP contribution in [-0.2, 0) is 4.79 Å². The van der Waals surface area contributed by atoms with Gasteiger partial charge in [0.2, 0.25) is 5.91 Å². The molecule has 2 amide bonds. The fraction of sp³-hybridized carbons (Fsp3) is 0.308. The Kier molecular flexibility index (Phi) is 5.90. The summed E-state index contributed by atoms with van der Waals surface area (Å²) in [6.07, 6.45) is -3.32. The fourth-order valence-electron chi connectivity index (χ4n) is 1.61. The number of aryl methyl sites for hydroxylation is 1. The van der Waals surface area contributed by atoms with Gasteiger partial charge in [0.05, 0.1) is 12.8 Å². The number of benzene rings is 1. The molecular formula is C13H14F3N3O3. The Labute approximate surface area is 124 Å². The highest BCUT2D eigenvalue weighted by Crippen LogP contribution is 2.12. The molecule has 0 heterocycles. The third-order valence-electron chi connectivity index (χ3n) is 2.60. The van der Waals surface area contributed by atoms with Crippen molar-refractivity contribution in [2.75, 3.05) is 13.1 Å². The van der Waals surface area contributed by atoms with E-state index in [0.717, 1.165) is 0 Å². The number of carbonyl (C=O) groups is 2. The summed E-state index contributed by atoms with van der Waals surface area (Å²) in [7, 11) is 0. The normalized spacial score (nSPS) is 11.5. The first-order valence-corrected chi connectivity index (χ1v) is 6.12. The average molecular weight is 317 g/mol. The van der Waals surface area contributed by atoms with Crippen LogP contribution in [0.3, 0.4) is 0 Å². The van der Waals surface area contributed by atoms with Crippen molar-refractivity contribution in [1.82, 2.24) is 10.6 Å². The maximum Gasteiger partial charge on any atom is 0.405 e. The second kappa shape index (κ2) is 7.43. The molecule has 0 unspecified atom stereocenters. The van der Waals surface area contributed by atoms with E-state index in [9.17, 15) is 22.8 Å². The van der Waals surface area contributed by atoms with Gasteiger partial charge in [-0.3, -0.25) is 9.59 Å². The molecule has 0 fully saturated rings. The molecule has 1 aromatic rings. The quantitative estimate of drug-likeness (QED) is 0.433. The summed E-state index contributed by atoms with van der Waals surface area (Å²) in [5.74, 6) is -1.53. The Morgan fingerprint density at radius 2 is 2.00 bits per heavy atom. The number of amides is 2. The first-order valence-electron chi connectivity index (χ1n) is 6.12. The van der Waals surface area contributed by atoms with Crippen LogP contribution in [0.2, 0.25) is 0 Å². The van der Waals surface area contributed by atoms with Gasteiger partial charge in [-0.1, -0.05) is 11.2 Å². The Bertz CT molecular complexity index is 586. The summed E-state index contributed by atoms with van der Waals surface area (Å²) in [6, 6.07) is 4.55. The Hall–Kier alpha value is -2.58. The van der Waals surface area contributed by atoms with Gasteiger partial charge in [-0.15, -0.1) is 0 Å². The first kappa shape index (κ1) is 17.5. The van der Waals surface area contributed by atoms with Gasteiger partial charge in [0.1, 0.15) is 6.54 Å². The van der Waals surface area contributed by atoms with E-state index in [2.05, 4.69) is 10.5 Å². The molecule has 9 heteroatoms. The smallest absolute Gasteiger partial charge is 0.405 e. The molecule has 22 heavy (non-hydrogen) atoms. The SMILES string of the molecule is Cc1cc(/C=N\O)ccc1C(=O)NCC(=O)NCC(F)(F)F. The van der Waals surface area contributed by atoms with Crippen LogP contribution in [0.5, 0.6) is 0 Å². The third-order valence-corrected chi connectivity index (χ3v) is 2.60. The zero-order chi connectivity index (χ0) is 16.8. The standard InChI is InChI=1S/C13H14F3N3O3/c1-8-4-9(5-19-22)2-3-10(8)12(21)17-6-11(20)18-7-13(14,15)16/h2-5,22H,6-7H2,1H3,(H,17,21)(H,18,20)/b19-5-. The summed E-state index contributed by atoms with van der Waals surface area (Å²) in [5, 5.41) is 15.1. The predicted molar refractivity (Wildman–Crippen MR) is 72.0 cm³/mol. The molecular weight excluding hydrogens is 303 g/mol. The van der Waals surface area contributed by atoms with Gasteiger partial charge in [0, 0.05) is 5.56 Å². The van der Waals surface area contributed by atoms with Crippen molar-refractivity contribution in [1.29, 1.82) is 0 Å². The van der Waals surface area contributed by atoms with Gasteiger partial charge in [0.15, 0.2) is 0 Å². The van der Waals surface area contributed by atoms with Crippen LogP contribution in [0.1, 0.15) is 21.5 Å². The monoisotopic (exact) mass is 317 g/mol. The van der Waals surface area contributed by atoms with Crippen LogP contribution in [0.15, 0.2) is 23.4 Å². The topological polar surface area (TPSA) is 90.8 Å². The van der Waals surface area contributed by atoms with Crippen LogP contribution in [0.25, 0.3) is 0 Å². The molecule has 0 saturated carbocycles. The number of hydrogen-bond acceptors (Lipinski definition) is 4. The predicted octanol–water partition coefficient (Wildman–Crippen LogP) is 1.21. The minimum atomic E-state index is -4.50. The molecule has 0 aliphatic carbocycles. The molecule has 0 aromatic heterocycles. The summed E-state index contributed by atoms with van der Waals surface area (Å²) in [5.41, 5.74) is 1.39. The van der Waals surface area contributed by atoms with E-state index in [1.165, 1.54) is 18.3 Å². The lowest BCUT2D eigenvalue weighted by Gasteiger charge is -2.10. The maximum absolute atomic E-state index is 11.9. The molecule has 1 aromatic carbocycles. The van der Waals surface area contributed by atoms with Gasteiger partial charge >= 0.3 is 6.18 Å². The lowest BCUT2D eigenvalue weighted by Crippen LogP contribution is -2.41. The number of nitrogens with one attached hydrogen (secondary N) is 2. The molecule has 0 saturated heterocycles. The third kappa shape index (κ3) is 5.81. The van der Waals surface area contributed by atoms with Gasteiger partial charge in [-0.05, 0) is 30.2 Å². The Balaban J connectivity index is 2.57. The maximum atomic E-state index is 11.9. The molecule has 0 aliphatic heterocycles. The van der Waals surface area contributed by atoms with Crippen molar-refractivity contribution in [3.05, 3.63) is 34.9 Å². The number of carbonyl (C=O) groups excluding carboxylic acids is 2. The Morgan fingerprint density at radius 3 is 2.55 bits per heavy atom. The Morgan fingerprint density at radius 1 is 1.32 bits per heavy atom. The molecule has 120 valence electrons. The van der Waals surface area contributed by atoms with Crippen LogP contribution in [-0.4, -0.2) is 42.5 Å². The van der Waals surface area contributed by atoms with Crippen LogP contribution in [0, 0.1) is 6.92 Å². The summed E-state index contributed by atoms with van der Waals surface area (Å²) >= 11 is 0. The van der Waals surface area contributed by atoms with Gasteiger partial charge in [-0.25, -0.2) is 0 Å². The van der Waals surface area contributed by atoms with Gasteiger partial charge in [-0.2, -0.15) is 13.2 Å². The number of alkyl halides is 3. The van der Waals surface area contributed by atoms with E-state index in [4.69, 9.17) is 5.21 Å². The minimum Gasteiger partial charge on any atom is -0.411 e. The van der Waals surface area contributed by atoms with Gasteiger partial charge in [0.25, 0.3) is 5.91 Å². The lowest BCUT2D eigenvalue weighted by molar-refractivity contribution is -0.137. The van der Waals surface area contributed by atoms with Crippen LogP contribution in [0.4, 0.5) is 13.2 Å². The molecule has 0 atom stereocenters. The van der Waals surface area contributed by atoms with Crippen molar-refractivity contribution in [2.24, 2.45) is 5.16 Å². The second-order valence-electron chi connectivity index (χ2n) is 4.39. The van der Waals surface area contributed by atoms with Crippen LogP contribution >= 0.6 is 0 Å². The van der Waals surface area contributed by atoms with E-state index >= 15 is 0 Å². The van der Waals surface area contributed by atoms with E-state index < -0.39 is 31.1 Å². The molecule has 6 nitrogen and oxygen atoms in total. The zero-order valence-electron chi connectivity index (χ0n) is 11.6. The van der Waals surface area contributed by atoms with E-state index in [1.54, 1.807) is 18.3 Å². The van der Waals surface area contributed by atoms with Crippen molar-refractivity contribution < 1.29 is 28.0 Å². The highest BCUT2D eigenvalue weighted by molar-refractivity contribution is 5.98. The lowest BCUT2D eigenvalue weighted by atomic mass is 10.0. The molecule has 0 radical (unpaired) electrons. The fourth-order valence-corrected chi connectivity index (χ4v) is 1.61. The number of halogens is 3. The molecule has 0 spiro atoms. The van der Waals surface area contributed by atoms with E-state index in [-0.39, 0.29) is 5.56 Å². The molecule has 0 bridgehead atoms. The van der Waals surface area contributed by atoms with Crippen molar-refractivity contribution in [3.63, 3.8) is 0 Å². The summed E-state index contributed by atoms with van der Waals surface area (Å²) in [4.78, 5) is 23.0. The minimum absolute atomic E-state index is 0.263. The number of hydrogen-bond donors (Lipinski definition) is 3. The van der Waals surface area contributed by atoms with E-state index in [1.807, 2.05) is 0 Å². The number of nitrogens with zero attached hydrogens (tertiary/aromatic N) is 1. The zero-order valence-corrected chi connectivity index (χ0v) is 11.6. The van der Waals surface area contributed by atoms with Gasteiger partial charge < -0.3 is 15.8 Å². The molecule has 3 N–H and O–H groups in total. The van der Waals surface area contributed by atoms with E-state index in [0.29, 0.717) is 11.1 Å². The highest BCUT2D eigenvalue weighted by Gasteiger charge is 2.27. The first-order chi connectivity index (χ1) is 10.2. The number of rotatable bonds is 5. The van der Waals surface area contributed by atoms with Crippen LogP contribution < -0.4 is 10.6 Å². The second-order valence-corrected chi connectivity index (χ2v) is 4.39. The largest absolute Gasteiger partial charge is 0.411 e. The molecule has 1 rings (SSSR count). The molecule has 0 aliphatic rings. The summed E-state index contributed by atoms with van der Waals surface area (Å²) in [6.45, 7) is -0.378. The average Bonchev–Trinajstić information content (AvgIpc) is 2.42. The van der Waals surface area contributed by atoms with Crippen molar-refractivity contribution in [3.8, 4) is 0 Å². The summed E-state index contributed by atoms with van der Waals surface area (Å²) < 4.78 is 35.7. The highest BCUT2D eigenvalue weighted by atomic mass is 19.4. The van der Waals surface area contributed by atoms with Crippen molar-refractivity contribution in [2.45, 2.75) is 13.1 Å². The van der Waals surface area contributed by atoms with Crippen molar-refractivity contribution >= 4 is 18.0 Å². The number of oxime groups is 1.